The van der Waals surface area contributed by atoms with Crippen LogP contribution in [-0.4, -0.2) is 33.2 Å². The summed E-state index contributed by atoms with van der Waals surface area (Å²) in [5, 5.41) is 7.24. The molecule has 1 fully saturated rings. The van der Waals surface area contributed by atoms with E-state index in [1.54, 1.807) is 0 Å². The molecule has 2 heterocycles. The Balaban J connectivity index is 2.15. The van der Waals surface area contributed by atoms with E-state index in [4.69, 9.17) is 5.73 Å². The van der Waals surface area contributed by atoms with Crippen molar-refractivity contribution >= 4 is 11.8 Å². The van der Waals surface area contributed by atoms with Gasteiger partial charge in [0.25, 0.3) is 0 Å². The molecular weight excluding hydrogens is 196 g/mol. The molecule has 1 aromatic rings. The van der Waals surface area contributed by atoms with Gasteiger partial charge in [0.05, 0.1) is 0 Å². The highest BCUT2D eigenvalue weighted by molar-refractivity contribution is 7.99. The van der Waals surface area contributed by atoms with Gasteiger partial charge in [0.2, 0.25) is 0 Å². The van der Waals surface area contributed by atoms with Crippen molar-refractivity contribution in [3.05, 3.63) is 11.6 Å². The summed E-state index contributed by atoms with van der Waals surface area (Å²) in [6.07, 6.45) is 1.97. The van der Waals surface area contributed by atoms with Gasteiger partial charge in [-0.15, -0.1) is 0 Å². The molecule has 1 atom stereocenters. The average Bonchev–Trinajstić information content (AvgIpc) is 2.75. The first-order valence-electron chi connectivity index (χ1n) is 4.94. The van der Waals surface area contributed by atoms with Gasteiger partial charge in [0.1, 0.15) is 5.82 Å². The molecule has 2 rings (SSSR count). The first-order valence-corrected chi connectivity index (χ1v) is 6.10. The van der Waals surface area contributed by atoms with Crippen LogP contribution in [0, 0.1) is 0 Å². The molecule has 3 N–H and O–H groups in total. The topological polar surface area (TPSA) is 67.6 Å². The van der Waals surface area contributed by atoms with Gasteiger partial charge < -0.3 is 5.73 Å². The third-order valence-corrected chi connectivity index (χ3v) is 4.01. The lowest BCUT2D eigenvalue weighted by molar-refractivity contribution is 0.505. The maximum absolute atomic E-state index is 5.46. The smallest absolute Gasteiger partial charge is 0.157 e. The highest BCUT2D eigenvalue weighted by atomic mass is 32.2. The fourth-order valence-electron chi connectivity index (χ4n) is 1.66. The van der Waals surface area contributed by atoms with Gasteiger partial charge in [-0.2, -0.15) is 16.9 Å². The molecule has 5 heteroatoms. The number of aromatic nitrogens is 3. The molecule has 1 aliphatic rings. The van der Waals surface area contributed by atoms with E-state index in [1.807, 2.05) is 11.8 Å². The fourth-order valence-corrected chi connectivity index (χ4v) is 3.12. The van der Waals surface area contributed by atoms with Crippen LogP contribution in [0.2, 0.25) is 0 Å². The van der Waals surface area contributed by atoms with Gasteiger partial charge in [0.15, 0.2) is 5.82 Å². The molecule has 1 saturated heterocycles. The number of hydrogen-bond donors (Lipinski definition) is 2. The van der Waals surface area contributed by atoms with Crippen molar-refractivity contribution in [2.75, 3.05) is 18.1 Å². The quantitative estimate of drug-likeness (QED) is 0.774. The molecule has 4 nitrogen and oxygen atoms in total. The Hall–Kier alpha value is -0.550. The maximum atomic E-state index is 5.46. The molecule has 1 aromatic heterocycles. The Morgan fingerprint density at radius 3 is 3.14 bits per heavy atom. The summed E-state index contributed by atoms with van der Waals surface area (Å²) in [5.74, 6) is 4.23. The van der Waals surface area contributed by atoms with E-state index in [2.05, 4.69) is 22.1 Å². The molecular formula is C9H16N4S. The minimum atomic E-state index is 0.175. The minimum absolute atomic E-state index is 0.175. The Kier molecular flexibility index (Phi) is 2.78. The molecule has 78 valence electrons. The lowest BCUT2D eigenvalue weighted by Gasteiger charge is -2.17. The lowest BCUT2D eigenvalue weighted by Crippen LogP contribution is -2.22. The van der Waals surface area contributed by atoms with E-state index < -0.39 is 0 Å². The van der Waals surface area contributed by atoms with E-state index >= 15 is 0 Å². The lowest BCUT2D eigenvalue weighted by atomic mass is 9.89. The van der Waals surface area contributed by atoms with E-state index in [9.17, 15) is 0 Å². The van der Waals surface area contributed by atoms with Crippen molar-refractivity contribution in [3.8, 4) is 0 Å². The van der Waals surface area contributed by atoms with Crippen molar-refractivity contribution in [3.63, 3.8) is 0 Å². The molecule has 0 aromatic carbocycles. The van der Waals surface area contributed by atoms with Crippen LogP contribution in [0.5, 0.6) is 0 Å². The fraction of sp³-hybridized carbons (Fsp3) is 0.778. The zero-order valence-corrected chi connectivity index (χ0v) is 9.23. The monoisotopic (exact) mass is 212 g/mol. The van der Waals surface area contributed by atoms with E-state index in [0.29, 0.717) is 6.54 Å². The van der Waals surface area contributed by atoms with Crippen LogP contribution < -0.4 is 5.73 Å². The standard InChI is InChI=1S/C9H16N4S/c1-9(3-5-14-6-9)8-11-7(2-4-10)12-13-8/h2-6,10H2,1H3,(H,11,12,13). The Labute approximate surface area is 88.1 Å². The van der Waals surface area contributed by atoms with Crippen molar-refractivity contribution < 1.29 is 0 Å². The summed E-state index contributed by atoms with van der Waals surface area (Å²) in [4.78, 5) is 4.49. The van der Waals surface area contributed by atoms with Crippen LogP contribution >= 0.6 is 11.8 Å². The van der Waals surface area contributed by atoms with E-state index in [1.165, 1.54) is 12.2 Å². The average molecular weight is 212 g/mol. The number of nitrogens with two attached hydrogens (primary N) is 1. The van der Waals surface area contributed by atoms with Crippen molar-refractivity contribution in [1.29, 1.82) is 0 Å². The Bertz CT molecular complexity index is 304. The van der Waals surface area contributed by atoms with Crippen molar-refractivity contribution in [2.45, 2.75) is 25.2 Å². The second-order valence-electron chi connectivity index (χ2n) is 4.01. The van der Waals surface area contributed by atoms with Gasteiger partial charge in [-0.3, -0.25) is 5.10 Å². The summed E-state index contributed by atoms with van der Waals surface area (Å²) in [7, 11) is 0. The van der Waals surface area contributed by atoms with Crippen molar-refractivity contribution in [2.24, 2.45) is 5.73 Å². The molecule has 0 radical (unpaired) electrons. The van der Waals surface area contributed by atoms with Gasteiger partial charge >= 0.3 is 0 Å². The third kappa shape index (κ3) is 1.79. The highest BCUT2D eigenvalue weighted by Gasteiger charge is 2.34. The predicted molar refractivity (Wildman–Crippen MR) is 58.4 cm³/mol. The molecule has 0 aliphatic carbocycles. The number of nitrogens with one attached hydrogen (secondary N) is 1. The molecule has 0 bridgehead atoms. The Morgan fingerprint density at radius 1 is 1.64 bits per heavy atom. The molecule has 0 spiro atoms. The van der Waals surface area contributed by atoms with Crippen LogP contribution in [0.3, 0.4) is 0 Å². The summed E-state index contributed by atoms with van der Waals surface area (Å²) in [6, 6.07) is 0. The van der Waals surface area contributed by atoms with E-state index in [0.717, 1.165) is 23.8 Å². The van der Waals surface area contributed by atoms with Gasteiger partial charge in [0, 0.05) is 17.6 Å². The first-order chi connectivity index (χ1) is 6.74. The zero-order valence-electron chi connectivity index (χ0n) is 8.42. The number of rotatable bonds is 3. The summed E-state index contributed by atoms with van der Waals surface area (Å²) >= 11 is 1.98. The second-order valence-corrected chi connectivity index (χ2v) is 5.11. The van der Waals surface area contributed by atoms with Gasteiger partial charge in [-0.25, -0.2) is 4.98 Å². The Morgan fingerprint density at radius 2 is 2.50 bits per heavy atom. The number of nitrogens with zero attached hydrogens (tertiary/aromatic N) is 2. The van der Waals surface area contributed by atoms with Crippen LogP contribution in [0.15, 0.2) is 0 Å². The largest absolute Gasteiger partial charge is 0.330 e. The van der Waals surface area contributed by atoms with Gasteiger partial charge in [-0.1, -0.05) is 6.92 Å². The third-order valence-electron chi connectivity index (χ3n) is 2.67. The number of thioether (sulfide) groups is 1. The molecule has 1 unspecified atom stereocenters. The number of aromatic amines is 1. The van der Waals surface area contributed by atoms with Crippen LogP contribution in [0.4, 0.5) is 0 Å². The first kappa shape index (κ1) is 9.98. The molecule has 1 aliphatic heterocycles. The summed E-state index contributed by atoms with van der Waals surface area (Å²) in [6.45, 7) is 2.86. The minimum Gasteiger partial charge on any atom is -0.330 e. The molecule has 0 amide bonds. The van der Waals surface area contributed by atoms with Crippen LogP contribution in [0.25, 0.3) is 0 Å². The van der Waals surface area contributed by atoms with E-state index in [-0.39, 0.29) is 5.41 Å². The molecule has 0 saturated carbocycles. The second kappa shape index (κ2) is 3.90. The van der Waals surface area contributed by atoms with Gasteiger partial charge in [-0.05, 0) is 18.7 Å². The molecule has 14 heavy (non-hydrogen) atoms. The summed E-state index contributed by atoms with van der Waals surface area (Å²) < 4.78 is 0. The zero-order chi connectivity index (χ0) is 10.0. The number of hydrogen-bond acceptors (Lipinski definition) is 4. The number of H-pyrrole nitrogens is 1. The maximum Gasteiger partial charge on any atom is 0.157 e. The van der Waals surface area contributed by atoms with Crippen LogP contribution in [-0.2, 0) is 11.8 Å². The highest BCUT2D eigenvalue weighted by Crippen LogP contribution is 2.36. The summed E-state index contributed by atoms with van der Waals surface area (Å²) in [5.41, 5.74) is 5.64. The predicted octanol–water partition coefficient (Wildman–Crippen LogP) is 0.700. The van der Waals surface area contributed by atoms with Crippen molar-refractivity contribution in [1.82, 2.24) is 15.2 Å². The SMILES string of the molecule is CC1(c2n[nH]c(CCN)n2)CCSC1. The normalized spacial score (nSPS) is 27.0. The van der Waals surface area contributed by atoms with Crippen LogP contribution in [0.1, 0.15) is 25.0 Å².